The average molecular weight is 403 g/mol. The van der Waals surface area contributed by atoms with Crippen LogP contribution in [0.15, 0.2) is 18.2 Å². The smallest absolute Gasteiger partial charge is 0.228 e. The van der Waals surface area contributed by atoms with Gasteiger partial charge in [-0.3, -0.25) is 4.79 Å². The maximum atomic E-state index is 12.7. The summed E-state index contributed by atoms with van der Waals surface area (Å²) >= 11 is 6.20. The Hall–Kier alpha value is -1.31. The average Bonchev–Trinajstić information content (AvgIpc) is 2.58. The van der Waals surface area contributed by atoms with Crippen molar-refractivity contribution in [1.82, 2.24) is 4.31 Å². The van der Waals surface area contributed by atoms with Crippen molar-refractivity contribution in [1.29, 1.82) is 0 Å². The van der Waals surface area contributed by atoms with Crippen LogP contribution in [-0.2, 0) is 14.8 Å². The van der Waals surface area contributed by atoms with Gasteiger partial charge in [-0.1, -0.05) is 24.6 Å². The molecule has 1 N–H and O–H groups in total. The Morgan fingerprint density at radius 2 is 2.15 bits per heavy atom. The van der Waals surface area contributed by atoms with Gasteiger partial charge in [-0.05, 0) is 45.2 Å². The van der Waals surface area contributed by atoms with Crippen molar-refractivity contribution < 1.29 is 17.9 Å². The third-order valence-electron chi connectivity index (χ3n) is 4.19. The molecule has 0 aliphatic carbocycles. The highest BCUT2D eigenvalue weighted by Gasteiger charge is 2.32. The van der Waals surface area contributed by atoms with Crippen molar-refractivity contribution in [2.75, 3.05) is 24.2 Å². The fourth-order valence-corrected chi connectivity index (χ4v) is 4.80. The van der Waals surface area contributed by atoms with Gasteiger partial charge >= 0.3 is 0 Å². The lowest BCUT2D eigenvalue weighted by Crippen LogP contribution is -2.44. The van der Waals surface area contributed by atoms with Crippen molar-refractivity contribution in [3.63, 3.8) is 0 Å². The molecule has 1 atom stereocenters. The SMILES string of the molecule is CCCS(=O)(=O)N1CCCC(C(=O)Nc2cccc(Cl)c2OC(C)C)C1. The number of hydrogen-bond donors (Lipinski definition) is 1. The van der Waals surface area contributed by atoms with Gasteiger partial charge < -0.3 is 10.1 Å². The standard InChI is InChI=1S/C18H27ClN2O4S/c1-4-11-26(23,24)21-10-6-7-14(12-21)18(22)20-16-9-5-8-15(19)17(16)25-13(2)3/h5,8-9,13-14H,4,6-7,10-12H2,1-3H3,(H,20,22). The van der Waals surface area contributed by atoms with Crippen LogP contribution in [0.4, 0.5) is 5.69 Å². The van der Waals surface area contributed by atoms with E-state index in [1.807, 2.05) is 20.8 Å². The number of anilines is 1. The van der Waals surface area contributed by atoms with Crippen molar-refractivity contribution in [2.45, 2.75) is 46.1 Å². The topological polar surface area (TPSA) is 75.7 Å². The minimum absolute atomic E-state index is 0.0880. The first kappa shape index (κ1) is 21.0. The van der Waals surface area contributed by atoms with Gasteiger partial charge in [0.15, 0.2) is 5.75 Å². The van der Waals surface area contributed by atoms with E-state index in [1.54, 1.807) is 18.2 Å². The highest BCUT2D eigenvalue weighted by molar-refractivity contribution is 7.89. The van der Waals surface area contributed by atoms with Gasteiger partial charge in [0.05, 0.1) is 28.5 Å². The molecule has 0 saturated carbocycles. The lowest BCUT2D eigenvalue weighted by atomic mass is 9.98. The second-order valence-corrected chi connectivity index (χ2v) is 9.28. The number of amides is 1. The van der Waals surface area contributed by atoms with Gasteiger partial charge in [-0.25, -0.2) is 12.7 Å². The molecule has 1 aromatic rings. The summed E-state index contributed by atoms with van der Waals surface area (Å²) in [5, 5.41) is 3.28. The lowest BCUT2D eigenvalue weighted by molar-refractivity contribution is -0.120. The first-order chi connectivity index (χ1) is 12.2. The van der Waals surface area contributed by atoms with E-state index in [4.69, 9.17) is 16.3 Å². The second kappa shape index (κ2) is 9.06. The molecule has 1 fully saturated rings. The molecule has 6 nitrogen and oxygen atoms in total. The molecular weight excluding hydrogens is 376 g/mol. The molecule has 0 aromatic heterocycles. The zero-order valence-electron chi connectivity index (χ0n) is 15.5. The first-order valence-corrected chi connectivity index (χ1v) is 11.0. The van der Waals surface area contributed by atoms with Gasteiger partial charge in [0.25, 0.3) is 0 Å². The molecule has 2 rings (SSSR count). The molecule has 0 bridgehead atoms. The highest BCUT2D eigenvalue weighted by Crippen LogP contribution is 2.34. The fraction of sp³-hybridized carbons (Fsp3) is 0.611. The van der Waals surface area contributed by atoms with E-state index in [9.17, 15) is 13.2 Å². The minimum Gasteiger partial charge on any atom is -0.487 e. The zero-order valence-corrected chi connectivity index (χ0v) is 17.1. The Balaban J connectivity index is 2.12. The number of piperidine rings is 1. The first-order valence-electron chi connectivity index (χ1n) is 8.98. The number of benzene rings is 1. The van der Waals surface area contributed by atoms with Crippen LogP contribution in [0, 0.1) is 5.92 Å². The molecule has 1 aromatic carbocycles. The monoisotopic (exact) mass is 402 g/mol. The normalized spacial score (nSPS) is 18.7. The van der Waals surface area contributed by atoms with Crippen LogP contribution in [0.2, 0.25) is 5.02 Å². The molecule has 146 valence electrons. The van der Waals surface area contributed by atoms with Crippen molar-refractivity contribution in [2.24, 2.45) is 5.92 Å². The number of hydrogen-bond acceptors (Lipinski definition) is 4. The number of sulfonamides is 1. The van der Waals surface area contributed by atoms with Crippen molar-refractivity contribution in [3.8, 4) is 5.75 Å². The summed E-state index contributed by atoms with van der Waals surface area (Å²) in [6.45, 7) is 6.29. The molecule has 1 saturated heterocycles. The Bertz CT molecular complexity index is 737. The maximum Gasteiger partial charge on any atom is 0.228 e. The fourth-order valence-electron chi connectivity index (χ4n) is 2.99. The number of nitrogens with zero attached hydrogens (tertiary/aromatic N) is 1. The van der Waals surface area contributed by atoms with Crippen LogP contribution < -0.4 is 10.1 Å². The van der Waals surface area contributed by atoms with Crippen LogP contribution in [0.1, 0.15) is 40.0 Å². The molecule has 1 heterocycles. The third-order valence-corrected chi connectivity index (χ3v) is 6.53. The van der Waals surface area contributed by atoms with Gasteiger partial charge in [0.1, 0.15) is 0 Å². The summed E-state index contributed by atoms with van der Waals surface area (Å²) in [7, 11) is -3.30. The Labute approximate surface area is 160 Å². The summed E-state index contributed by atoms with van der Waals surface area (Å²) in [5.74, 6) is -0.0514. The summed E-state index contributed by atoms with van der Waals surface area (Å²) < 4.78 is 31.7. The number of halogens is 1. The van der Waals surface area contributed by atoms with E-state index in [0.29, 0.717) is 42.3 Å². The molecule has 1 unspecified atom stereocenters. The largest absolute Gasteiger partial charge is 0.487 e. The number of carbonyl (C=O) groups is 1. The molecule has 0 radical (unpaired) electrons. The molecule has 26 heavy (non-hydrogen) atoms. The number of nitrogens with one attached hydrogen (secondary N) is 1. The zero-order chi connectivity index (χ0) is 19.3. The second-order valence-electron chi connectivity index (χ2n) is 6.79. The summed E-state index contributed by atoms with van der Waals surface area (Å²) in [6, 6.07) is 5.18. The third kappa shape index (κ3) is 5.34. The van der Waals surface area contributed by atoms with E-state index in [2.05, 4.69) is 5.32 Å². The van der Waals surface area contributed by atoms with Crippen LogP contribution in [-0.4, -0.2) is 43.6 Å². The minimum atomic E-state index is -3.30. The lowest BCUT2D eigenvalue weighted by Gasteiger charge is -2.31. The number of carbonyl (C=O) groups excluding carboxylic acids is 1. The van der Waals surface area contributed by atoms with Crippen molar-refractivity contribution in [3.05, 3.63) is 23.2 Å². The van der Waals surface area contributed by atoms with E-state index in [0.717, 1.165) is 0 Å². The Kier molecular flexibility index (Phi) is 7.32. The van der Waals surface area contributed by atoms with E-state index in [1.165, 1.54) is 4.31 Å². The highest BCUT2D eigenvalue weighted by atomic mass is 35.5. The Morgan fingerprint density at radius 1 is 1.42 bits per heavy atom. The van der Waals surface area contributed by atoms with Crippen LogP contribution in [0.25, 0.3) is 0 Å². The van der Waals surface area contributed by atoms with E-state index in [-0.39, 0.29) is 30.2 Å². The van der Waals surface area contributed by atoms with Gasteiger partial charge in [-0.2, -0.15) is 0 Å². The predicted molar refractivity (Wildman–Crippen MR) is 104 cm³/mol. The quantitative estimate of drug-likeness (QED) is 0.757. The predicted octanol–water partition coefficient (Wildman–Crippen LogP) is 3.52. The van der Waals surface area contributed by atoms with Gasteiger partial charge in [-0.15, -0.1) is 0 Å². The number of ether oxygens (including phenoxy) is 1. The van der Waals surface area contributed by atoms with E-state index >= 15 is 0 Å². The van der Waals surface area contributed by atoms with Crippen LogP contribution in [0.3, 0.4) is 0 Å². The molecular formula is C18H27ClN2O4S. The molecule has 1 aliphatic heterocycles. The molecule has 1 amide bonds. The van der Waals surface area contributed by atoms with Gasteiger partial charge in [0.2, 0.25) is 15.9 Å². The molecule has 1 aliphatic rings. The molecule has 8 heteroatoms. The van der Waals surface area contributed by atoms with Crippen molar-refractivity contribution >= 4 is 33.2 Å². The van der Waals surface area contributed by atoms with Crippen LogP contribution in [0.5, 0.6) is 5.75 Å². The number of para-hydroxylation sites is 1. The Morgan fingerprint density at radius 3 is 2.81 bits per heavy atom. The molecule has 0 spiro atoms. The summed E-state index contributed by atoms with van der Waals surface area (Å²) in [6.07, 6.45) is 1.81. The van der Waals surface area contributed by atoms with Crippen LogP contribution >= 0.6 is 11.6 Å². The van der Waals surface area contributed by atoms with E-state index < -0.39 is 10.0 Å². The summed E-state index contributed by atoms with van der Waals surface area (Å²) in [5.41, 5.74) is 0.504. The summed E-state index contributed by atoms with van der Waals surface area (Å²) in [4.78, 5) is 12.7. The van der Waals surface area contributed by atoms with Gasteiger partial charge in [0, 0.05) is 13.1 Å². The maximum absolute atomic E-state index is 12.7. The number of rotatable bonds is 7.